The van der Waals surface area contributed by atoms with E-state index in [1.165, 1.54) is 151 Å². The van der Waals surface area contributed by atoms with Crippen molar-refractivity contribution in [1.29, 1.82) is 0 Å². The molecule has 0 aliphatic rings. The first-order chi connectivity index (χ1) is 26.0. The zero-order valence-electron chi connectivity index (χ0n) is 36.1. The van der Waals surface area contributed by atoms with E-state index in [2.05, 4.69) is 55.4 Å². The van der Waals surface area contributed by atoms with Crippen LogP contribution in [-0.2, 0) is 11.2 Å². The van der Waals surface area contributed by atoms with Crippen LogP contribution in [0, 0.1) is 0 Å². The molecule has 0 atom stereocenters. The summed E-state index contributed by atoms with van der Waals surface area (Å²) in [4.78, 5) is 22.4. The zero-order valence-corrected chi connectivity index (χ0v) is 38.9. The van der Waals surface area contributed by atoms with E-state index in [1.807, 2.05) is 0 Å². The molecule has 2 rings (SSSR count). The van der Waals surface area contributed by atoms with Crippen molar-refractivity contribution in [3.8, 4) is 0 Å². The molecule has 2 aromatic rings. The monoisotopic (exact) mass is 811 g/mol. The van der Waals surface area contributed by atoms with Gasteiger partial charge in [-0.2, -0.15) is 0 Å². The van der Waals surface area contributed by atoms with E-state index in [9.17, 15) is 14.1 Å². The molecule has 0 spiro atoms. The Kier molecular flexibility index (Phi) is 31.7. The minimum Gasteiger partial charge on any atom is -0.606 e. The molecule has 54 heavy (non-hydrogen) atoms. The van der Waals surface area contributed by atoms with Crippen LogP contribution in [0.1, 0.15) is 179 Å². The van der Waals surface area contributed by atoms with E-state index in [1.54, 1.807) is 49.3 Å². The smallest absolute Gasteiger partial charge is 0.335 e. The quantitative estimate of drug-likeness (QED) is 0.0659. The van der Waals surface area contributed by atoms with Gasteiger partial charge >= 0.3 is 234 Å². The number of carboxylic acid groups (broad SMARTS) is 2. The maximum Gasteiger partial charge on any atom is 0.335 e. The Balaban J connectivity index is 0.000000786. The zero-order chi connectivity index (χ0) is 40.7. The first kappa shape index (κ1) is 52.6. The summed E-state index contributed by atoms with van der Waals surface area (Å²) < 4.78 is 12.2. The fourth-order valence-corrected chi connectivity index (χ4v) is 20.4. The molecule has 0 aliphatic heterocycles. The van der Waals surface area contributed by atoms with Crippen LogP contribution in [0.3, 0.4) is 0 Å². The van der Waals surface area contributed by atoms with E-state index >= 15 is 0 Å². The molecule has 0 heterocycles. The van der Waals surface area contributed by atoms with Crippen molar-refractivity contribution in [2.45, 2.75) is 168 Å². The molecule has 0 aliphatic carbocycles. The van der Waals surface area contributed by atoms with Crippen molar-refractivity contribution in [2.24, 2.45) is 0 Å². The van der Waals surface area contributed by atoms with Gasteiger partial charge < -0.3 is 14.8 Å². The van der Waals surface area contributed by atoms with Gasteiger partial charge in [0.15, 0.2) is 9.79 Å². The van der Waals surface area contributed by atoms with Gasteiger partial charge in [0, 0.05) is 11.2 Å². The van der Waals surface area contributed by atoms with Gasteiger partial charge in [-0.15, -0.1) is 0 Å². The molecule has 0 amide bonds. The molecule has 0 saturated heterocycles. The van der Waals surface area contributed by atoms with Crippen molar-refractivity contribution in [3.05, 3.63) is 59.7 Å². The average molecular weight is 811 g/mol. The van der Waals surface area contributed by atoms with Gasteiger partial charge in [-0.3, -0.25) is 0 Å². The standard InChI is InChI=1S/2C16H37P.C14H10O5S/c2*1-5-9-13-17(14-10-6-2,15-11-7-3)16-12-8-4;15-13(16)9-1-5-11(6-2-9)20(19)12-7-3-10(4-8-12)14(17)18/h2*17H,5-16H2,1-4H3;1-8H,(H,15,16)(H,17,18). The summed E-state index contributed by atoms with van der Waals surface area (Å²) in [6, 6.07) is 11.4. The number of hydrogen-bond acceptors (Lipinski definition) is 3. The largest absolute Gasteiger partial charge is 0.606 e. The van der Waals surface area contributed by atoms with E-state index in [0.29, 0.717) is 9.79 Å². The van der Waals surface area contributed by atoms with Crippen LogP contribution in [0.2, 0.25) is 0 Å². The van der Waals surface area contributed by atoms with Crippen LogP contribution in [-0.4, -0.2) is 76.0 Å². The van der Waals surface area contributed by atoms with Gasteiger partial charge in [0.05, 0.1) is 11.1 Å². The summed E-state index contributed by atoms with van der Waals surface area (Å²) in [5, 5.41) is 17.6. The summed E-state index contributed by atoms with van der Waals surface area (Å²) in [6.45, 7) is 18.9. The molecular weight excluding hydrogens is 727 g/mol. The van der Waals surface area contributed by atoms with Gasteiger partial charge in [0.25, 0.3) is 0 Å². The Morgan fingerprint density at radius 3 is 0.759 bits per heavy atom. The van der Waals surface area contributed by atoms with Crippen LogP contribution >= 0.6 is 14.5 Å². The van der Waals surface area contributed by atoms with Crippen molar-refractivity contribution in [1.82, 2.24) is 0 Å². The minimum atomic E-state index is -1.48. The number of aromatic carboxylic acids is 2. The molecule has 0 aromatic heterocycles. The number of carbonyl (C=O) groups is 2. The predicted molar refractivity (Wildman–Crippen MR) is 246 cm³/mol. The summed E-state index contributed by atoms with van der Waals surface area (Å²) >= 11 is -1.48. The SMILES string of the molecule is CCCC[PH](CCCC)(CCCC)CCCC.CCCC[PH](CCCC)(CCCC)CCCC.O=C(O)c1ccc([S+]([O-])c2ccc(C(=O)O)cc2)cc1. The number of unbranched alkanes of at least 4 members (excludes halogenated alkanes) is 8. The third-order valence-corrected chi connectivity index (χ3v) is 23.8. The summed E-state index contributed by atoms with van der Waals surface area (Å²) in [5.74, 6) is -2.10. The van der Waals surface area contributed by atoms with Gasteiger partial charge in [0.1, 0.15) is 0 Å². The normalized spacial score (nSPS) is 12.0. The molecule has 0 unspecified atom stereocenters. The van der Waals surface area contributed by atoms with Gasteiger partial charge in [-0.25, -0.2) is 9.59 Å². The molecule has 2 N–H and O–H groups in total. The van der Waals surface area contributed by atoms with Crippen molar-refractivity contribution < 1.29 is 24.4 Å². The Morgan fingerprint density at radius 1 is 0.426 bits per heavy atom. The number of benzene rings is 2. The van der Waals surface area contributed by atoms with Gasteiger partial charge in [0.2, 0.25) is 0 Å². The molecule has 0 bridgehead atoms. The minimum absolute atomic E-state index is 0.118. The van der Waals surface area contributed by atoms with E-state index in [-0.39, 0.29) is 11.1 Å². The number of carboxylic acids is 2. The second-order valence-electron chi connectivity index (χ2n) is 15.8. The van der Waals surface area contributed by atoms with Crippen LogP contribution in [0.25, 0.3) is 0 Å². The van der Waals surface area contributed by atoms with Crippen LogP contribution < -0.4 is 0 Å². The van der Waals surface area contributed by atoms with E-state index in [4.69, 9.17) is 10.2 Å². The first-order valence-electron chi connectivity index (χ1n) is 22.1. The molecule has 8 heteroatoms. The molecule has 314 valence electrons. The Bertz CT molecular complexity index is 1040. The fraction of sp³-hybridized carbons (Fsp3) is 0.696. The summed E-state index contributed by atoms with van der Waals surface area (Å²) in [6.07, 6.45) is 36.3. The second-order valence-corrected chi connectivity index (χ2v) is 27.2. The van der Waals surface area contributed by atoms with Gasteiger partial charge in [-0.1, -0.05) is 0 Å². The Labute approximate surface area is 337 Å². The van der Waals surface area contributed by atoms with Crippen LogP contribution in [0.4, 0.5) is 0 Å². The van der Waals surface area contributed by atoms with Crippen LogP contribution in [0.15, 0.2) is 58.3 Å². The molecular formula is C46H84O5P2S. The third kappa shape index (κ3) is 22.3. The Morgan fingerprint density at radius 2 is 0.611 bits per heavy atom. The van der Waals surface area contributed by atoms with Crippen molar-refractivity contribution >= 4 is 37.6 Å². The number of rotatable bonds is 28. The van der Waals surface area contributed by atoms with E-state index < -0.39 is 37.6 Å². The maximum absolute atomic E-state index is 12.2. The summed E-state index contributed by atoms with van der Waals surface area (Å²) in [5.41, 5.74) is 0.235. The molecule has 5 nitrogen and oxygen atoms in total. The van der Waals surface area contributed by atoms with Crippen molar-refractivity contribution in [3.63, 3.8) is 0 Å². The Hall–Kier alpha value is -1.45. The summed E-state index contributed by atoms with van der Waals surface area (Å²) in [7, 11) is -1.76. The topological polar surface area (TPSA) is 97.7 Å². The predicted octanol–water partition coefficient (Wildman–Crippen LogP) is 14.1. The number of hydrogen-bond donors (Lipinski definition) is 2. The first-order valence-corrected chi connectivity index (χ1v) is 28.9. The average Bonchev–Trinajstić information content (AvgIpc) is 3.20. The van der Waals surface area contributed by atoms with Crippen LogP contribution in [0.5, 0.6) is 0 Å². The maximum atomic E-state index is 12.2. The second kappa shape index (κ2) is 32.6. The van der Waals surface area contributed by atoms with Gasteiger partial charge in [-0.05, 0) is 48.5 Å². The third-order valence-electron chi connectivity index (χ3n) is 11.1. The molecule has 0 fully saturated rings. The fourth-order valence-electron chi connectivity index (χ4n) is 7.49. The van der Waals surface area contributed by atoms with Crippen molar-refractivity contribution in [2.75, 3.05) is 49.3 Å². The molecule has 2 aromatic carbocycles. The van der Waals surface area contributed by atoms with E-state index in [0.717, 1.165) is 0 Å². The molecule has 0 saturated carbocycles. The molecule has 0 radical (unpaired) electrons.